The van der Waals surface area contributed by atoms with Gasteiger partial charge in [0.25, 0.3) is 5.78 Å². The first-order chi connectivity index (χ1) is 6.02. The van der Waals surface area contributed by atoms with Crippen molar-refractivity contribution in [3.8, 4) is 5.75 Å². The van der Waals surface area contributed by atoms with Crippen LogP contribution >= 0.6 is 15.9 Å². The minimum atomic E-state index is -1.55. The van der Waals surface area contributed by atoms with E-state index < -0.39 is 11.8 Å². The monoisotopic (exact) mass is 244 g/mol. The van der Waals surface area contributed by atoms with Crippen molar-refractivity contribution in [2.75, 3.05) is 0 Å². The van der Waals surface area contributed by atoms with E-state index in [1.807, 2.05) is 0 Å². The number of ketones is 1. The second-order valence-corrected chi connectivity index (χ2v) is 3.15. The Morgan fingerprint density at radius 3 is 2.46 bits per heavy atom. The van der Waals surface area contributed by atoms with Crippen LogP contribution in [-0.4, -0.2) is 22.0 Å². The fourth-order valence-corrected chi connectivity index (χ4v) is 1.23. The molecule has 1 rings (SSSR count). The number of aliphatic carboxylic acids is 1. The van der Waals surface area contributed by atoms with Crippen LogP contribution in [0.5, 0.6) is 5.75 Å². The molecule has 68 valence electrons. The number of phenols is 1. The molecule has 5 heteroatoms. The number of benzene rings is 1. The molecule has 0 aliphatic carbocycles. The molecule has 1 aromatic carbocycles. The maximum absolute atomic E-state index is 11.0. The van der Waals surface area contributed by atoms with Crippen molar-refractivity contribution in [2.45, 2.75) is 0 Å². The van der Waals surface area contributed by atoms with Gasteiger partial charge in [0.2, 0.25) is 0 Å². The van der Waals surface area contributed by atoms with E-state index in [4.69, 9.17) is 10.2 Å². The van der Waals surface area contributed by atoms with Gasteiger partial charge in [0.1, 0.15) is 5.75 Å². The third-order valence-electron chi connectivity index (χ3n) is 1.39. The van der Waals surface area contributed by atoms with Crippen LogP contribution in [0.25, 0.3) is 0 Å². The lowest BCUT2D eigenvalue weighted by Gasteiger charge is -1.99. The molecule has 0 radical (unpaired) electrons. The van der Waals surface area contributed by atoms with Crippen LogP contribution in [0, 0.1) is 0 Å². The second-order valence-electron chi connectivity index (χ2n) is 2.30. The number of Topliss-reactive ketones (excluding diaryl/α,β-unsaturated/α-hetero) is 1. The highest BCUT2D eigenvalue weighted by Gasteiger charge is 2.17. The minimum Gasteiger partial charge on any atom is -0.508 e. The lowest BCUT2D eigenvalue weighted by molar-refractivity contribution is -0.131. The number of aromatic hydroxyl groups is 1. The molecule has 0 aromatic heterocycles. The number of hydrogen-bond acceptors (Lipinski definition) is 3. The fraction of sp³-hybridized carbons (Fsp3) is 0. The zero-order valence-corrected chi connectivity index (χ0v) is 7.91. The minimum absolute atomic E-state index is 0.0625. The van der Waals surface area contributed by atoms with E-state index in [1.54, 1.807) is 0 Å². The van der Waals surface area contributed by atoms with Gasteiger partial charge in [-0.3, -0.25) is 4.79 Å². The molecule has 0 heterocycles. The Bertz CT molecular complexity index is 372. The van der Waals surface area contributed by atoms with E-state index in [9.17, 15) is 9.59 Å². The van der Waals surface area contributed by atoms with Crippen LogP contribution in [0.1, 0.15) is 10.4 Å². The molecule has 13 heavy (non-hydrogen) atoms. The number of carboxylic acids is 1. The number of phenolic OH excluding ortho intramolecular Hbond substituents is 1. The average molecular weight is 245 g/mol. The summed E-state index contributed by atoms with van der Waals surface area (Å²) in [6.07, 6.45) is 0. The molecule has 0 saturated carbocycles. The molecule has 0 atom stereocenters. The number of carbonyl (C=O) groups excluding carboxylic acids is 1. The Labute approximate surface area is 81.9 Å². The summed E-state index contributed by atoms with van der Waals surface area (Å²) in [4.78, 5) is 21.3. The number of rotatable bonds is 2. The largest absolute Gasteiger partial charge is 0.508 e. The smallest absolute Gasteiger partial charge is 0.377 e. The van der Waals surface area contributed by atoms with Crippen molar-refractivity contribution in [1.29, 1.82) is 0 Å². The van der Waals surface area contributed by atoms with Gasteiger partial charge in [0.05, 0.1) is 0 Å². The maximum atomic E-state index is 11.0. The topological polar surface area (TPSA) is 74.6 Å². The highest BCUT2D eigenvalue weighted by Crippen LogP contribution is 2.21. The Balaban J connectivity index is 3.21. The van der Waals surface area contributed by atoms with Crippen LogP contribution in [0.2, 0.25) is 0 Å². The number of carboxylic acid groups (broad SMARTS) is 1. The normalized spacial score (nSPS) is 9.62. The van der Waals surface area contributed by atoms with Gasteiger partial charge < -0.3 is 10.2 Å². The average Bonchev–Trinajstić information content (AvgIpc) is 2.08. The maximum Gasteiger partial charge on any atom is 0.377 e. The number of halogens is 1. The Morgan fingerprint density at radius 1 is 1.31 bits per heavy atom. The van der Waals surface area contributed by atoms with Gasteiger partial charge in [-0.05, 0) is 18.2 Å². The van der Waals surface area contributed by atoms with Gasteiger partial charge in [0, 0.05) is 10.0 Å². The molecular weight excluding hydrogens is 240 g/mol. The molecule has 2 N–H and O–H groups in total. The van der Waals surface area contributed by atoms with Gasteiger partial charge in [-0.25, -0.2) is 4.79 Å². The Morgan fingerprint density at radius 2 is 1.92 bits per heavy atom. The van der Waals surface area contributed by atoms with Gasteiger partial charge in [0.15, 0.2) is 0 Å². The summed E-state index contributed by atoms with van der Waals surface area (Å²) in [6.45, 7) is 0. The SMILES string of the molecule is O=C(O)C(=O)c1cc(O)ccc1Br. The lowest BCUT2D eigenvalue weighted by Crippen LogP contribution is -2.13. The standard InChI is InChI=1S/C8H5BrO4/c9-6-2-1-4(10)3-5(6)7(11)8(12)13/h1-3,10H,(H,12,13). The molecule has 0 amide bonds. The third-order valence-corrected chi connectivity index (χ3v) is 2.08. The molecule has 0 spiro atoms. The zero-order valence-electron chi connectivity index (χ0n) is 6.32. The molecule has 0 saturated heterocycles. The van der Waals surface area contributed by atoms with E-state index >= 15 is 0 Å². The van der Waals surface area contributed by atoms with E-state index in [0.717, 1.165) is 6.07 Å². The van der Waals surface area contributed by atoms with Gasteiger partial charge in [-0.15, -0.1) is 0 Å². The highest BCUT2D eigenvalue weighted by molar-refractivity contribution is 9.10. The Kier molecular flexibility index (Phi) is 2.67. The van der Waals surface area contributed by atoms with Crippen molar-refractivity contribution in [2.24, 2.45) is 0 Å². The van der Waals surface area contributed by atoms with Gasteiger partial charge in [-0.2, -0.15) is 0 Å². The van der Waals surface area contributed by atoms with Gasteiger partial charge >= 0.3 is 5.97 Å². The molecule has 0 aliphatic heterocycles. The summed E-state index contributed by atoms with van der Waals surface area (Å²) in [5.41, 5.74) is -0.0625. The second kappa shape index (κ2) is 3.57. The van der Waals surface area contributed by atoms with Crippen LogP contribution in [0.15, 0.2) is 22.7 Å². The first kappa shape index (κ1) is 9.73. The van der Waals surface area contributed by atoms with E-state index in [1.165, 1.54) is 12.1 Å². The Hall–Kier alpha value is -1.36. The molecule has 4 nitrogen and oxygen atoms in total. The molecular formula is C8H5BrO4. The van der Waals surface area contributed by atoms with E-state index in [0.29, 0.717) is 4.47 Å². The van der Waals surface area contributed by atoms with E-state index in [-0.39, 0.29) is 11.3 Å². The first-order valence-corrected chi connectivity index (χ1v) is 4.08. The summed E-state index contributed by atoms with van der Waals surface area (Å²) in [5, 5.41) is 17.4. The predicted octanol–water partition coefficient (Wildman–Crippen LogP) is 1.42. The highest BCUT2D eigenvalue weighted by atomic mass is 79.9. The summed E-state index contributed by atoms with van der Waals surface area (Å²) in [6, 6.07) is 3.86. The molecule has 1 aromatic rings. The van der Waals surface area contributed by atoms with Crippen LogP contribution < -0.4 is 0 Å². The summed E-state index contributed by atoms with van der Waals surface area (Å²) < 4.78 is 0.345. The van der Waals surface area contributed by atoms with Crippen LogP contribution in [0.4, 0.5) is 0 Å². The van der Waals surface area contributed by atoms with Crippen molar-refractivity contribution >= 4 is 27.7 Å². The van der Waals surface area contributed by atoms with Crippen molar-refractivity contribution in [3.05, 3.63) is 28.2 Å². The number of hydrogen-bond donors (Lipinski definition) is 2. The predicted molar refractivity (Wildman–Crippen MR) is 47.8 cm³/mol. The quantitative estimate of drug-likeness (QED) is 0.610. The fourth-order valence-electron chi connectivity index (χ4n) is 0.802. The summed E-state index contributed by atoms with van der Waals surface area (Å²) in [5.74, 6) is -2.75. The zero-order chi connectivity index (χ0) is 10.0. The molecule has 0 unspecified atom stereocenters. The van der Waals surface area contributed by atoms with Crippen LogP contribution in [0.3, 0.4) is 0 Å². The third kappa shape index (κ3) is 2.06. The summed E-state index contributed by atoms with van der Waals surface area (Å²) in [7, 11) is 0. The van der Waals surface area contributed by atoms with E-state index in [2.05, 4.69) is 15.9 Å². The van der Waals surface area contributed by atoms with Crippen molar-refractivity contribution < 1.29 is 19.8 Å². The molecule has 0 aliphatic rings. The molecule has 0 fully saturated rings. The van der Waals surface area contributed by atoms with Crippen molar-refractivity contribution in [3.63, 3.8) is 0 Å². The first-order valence-electron chi connectivity index (χ1n) is 3.28. The summed E-state index contributed by atoms with van der Waals surface area (Å²) >= 11 is 3.00. The van der Waals surface area contributed by atoms with Crippen molar-refractivity contribution in [1.82, 2.24) is 0 Å². The lowest BCUT2D eigenvalue weighted by atomic mass is 10.1. The van der Waals surface area contributed by atoms with Gasteiger partial charge in [-0.1, -0.05) is 15.9 Å². The van der Waals surface area contributed by atoms with Crippen LogP contribution in [-0.2, 0) is 4.79 Å². The number of carbonyl (C=O) groups is 2. The molecule has 0 bridgehead atoms.